The number of hydrogen-bond acceptors (Lipinski definition) is 7. The lowest BCUT2D eigenvalue weighted by Crippen LogP contribution is -2.24. The summed E-state index contributed by atoms with van der Waals surface area (Å²) in [5, 5.41) is 12.8. The van der Waals surface area contributed by atoms with Gasteiger partial charge in [-0.1, -0.05) is 23.5 Å². The van der Waals surface area contributed by atoms with Gasteiger partial charge >= 0.3 is 0 Å². The van der Waals surface area contributed by atoms with Crippen LogP contribution in [0, 0.1) is 18.3 Å². The van der Waals surface area contributed by atoms with Crippen LogP contribution in [0.1, 0.15) is 40.7 Å². The zero-order chi connectivity index (χ0) is 18.6. The summed E-state index contributed by atoms with van der Waals surface area (Å²) in [5.74, 6) is 0.756. The summed E-state index contributed by atoms with van der Waals surface area (Å²) in [4.78, 5) is 16.6. The Bertz CT molecular complexity index is 959. The summed E-state index contributed by atoms with van der Waals surface area (Å²) in [6.07, 6.45) is 5.75. The molecule has 1 aliphatic heterocycles. The molecule has 1 fully saturated rings. The first kappa shape index (κ1) is 17.6. The van der Waals surface area contributed by atoms with Gasteiger partial charge in [0.05, 0.1) is 23.6 Å². The van der Waals surface area contributed by atoms with Gasteiger partial charge in [0.15, 0.2) is 5.13 Å². The molecule has 4 heterocycles. The van der Waals surface area contributed by atoms with Gasteiger partial charge in [-0.05, 0) is 50.1 Å². The van der Waals surface area contributed by atoms with Crippen LogP contribution in [0.3, 0.4) is 0 Å². The van der Waals surface area contributed by atoms with E-state index in [1.165, 1.54) is 16.9 Å². The van der Waals surface area contributed by atoms with Gasteiger partial charge in [-0.25, -0.2) is 9.97 Å². The fourth-order valence-corrected chi connectivity index (χ4v) is 3.97. The van der Waals surface area contributed by atoms with Gasteiger partial charge in [-0.3, -0.25) is 9.88 Å². The fraction of sp³-hybridized carbons (Fsp3) is 0.300. The number of aryl methyl sites for hydroxylation is 1. The van der Waals surface area contributed by atoms with Crippen molar-refractivity contribution in [3.63, 3.8) is 0 Å². The molecule has 3 aromatic heterocycles. The highest BCUT2D eigenvalue weighted by atomic mass is 32.1. The second-order valence-corrected chi connectivity index (χ2v) is 7.70. The first-order valence-corrected chi connectivity index (χ1v) is 9.78. The third kappa shape index (κ3) is 4.13. The molecule has 136 valence electrons. The number of nitriles is 1. The number of nitrogens with zero attached hydrogens (tertiary/aromatic N) is 5. The molecule has 4 rings (SSSR count). The topological polar surface area (TPSA) is 77.7 Å². The van der Waals surface area contributed by atoms with Gasteiger partial charge in [0, 0.05) is 12.7 Å². The van der Waals surface area contributed by atoms with Crippen LogP contribution >= 0.6 is 11.3 Å². The van der Waals surface area contributed by atoms with Crippen LogP contribution in [0.2, 0.25) is 0 Å². The number of aromatic nitrogens is 3. The lowest BCUT2D eigenvalue weighted by molar-refractivity contribution is 0.241. The van der Waals surface area contributed by atoms with Gasteiger partial charge in [0.25, 0.3) is 0 Å². The largest absolute Gasteiger partial charge is 0.316 e. The minimum Gasteiger partial charge on any atom is -0.316 e. The number of nitrogens with one attached hydrogen (secondary N) is 1. The molecule has 1 atom stereocenters. The lowest BCUT2D eigenvalue weighted by atomic mass is 10.1. The van der Waals surface area contributed by atoms with Crippen molar-refractivity contribution in [3.8, 4) is 6.07 Å². The molecule has 1 N–H and O–H groups in total. The summed E-state index contributed by atoms with van der Waals surface area (Å²) < 4.78 is 0. The molecule has 0 saturated carbocycles. The van der Waals surface area contributed by atoms with E-state index in [1.54, 1.807) is 6.20 Å². The van der Waals surface area contributed by atoms with E-state index in [2.05, 4.69) is 51.4 Å². The van der Waals surface area contributed by atoms with Crippen molar-refractivity contribution < 1.29 is 0 Å². The van der Waals surface area contributed by atoms with E-state index >= 15 is 0 Å². The third-order valence-electron chi connectivity index (χ3n) is 4.66. The normalized spacial score (nSPS) is 17.0. The molecule has 0 spiro atoms. The summed E-state index contributed by atoms with van der Waals surface area (Å²) >= 11 is 1.33. The second kappa shape index (κ2) is 7.82. The highest BCUT2D eigenvalue weighted by Gasteiger charge is 2.27. The van der Waals surface area contributed by atoms with Crippen LogP contribution in [0.4, 0.5) is 10.9 Å². The first-order valence-electron chi connectivity index (χ1n) is 8.97. The van der Waals surface area contributed by atoms with Crippen molar-refractivity contribution in [2.75, 3.05) is 11.9 Å². The Hall–Kier alpha value is -2.82. The fourth-order valence-electron chi connectivity index (χ4n) is 3.35. The van der Waals surface area contributed by atoms with E-state index in [-0.39, 0.29) is 0 Å². The highest BCUT2D eigenvalue weighted by molar-refractivity contribution is 7.16. The first-order chi connectivity index (χ1) is 13.2. The van der Waals surface area contributed by atoms with Crippen molar-refractivity contribution >= 4 is 22.3 Å². The maximum atomic E-state index is 8.94. The molecule has 7 heteroatoms. The van der Waals surface area contributed by atoms with Gasteiger partial charge in [-0.15, -0.1) is 0 Å². The summed E-state index contributed by atoms with van der Waals surface area (Å²) in [6, 6.07) is 12.6. The highest BCUT2D eigenvalue weighted by Crippen LogP contribution is 2.33. The molecule has 0 unspecified atom stereocenters. The van der Waals surface area contributed by atoms with Gasteiger partial charge in [0.1, 0.15) is 16.8 Å². The predicted octanol–water partition coefficient (Wildman–Crippen LogP) is 4.19. The molecule has 0 bridgehead atoms. The summed E-state index contributed by atoms with van der Waals surface area (Å²) in [7, 11) is 0. The molecule has 0 radical (unpaired) electrons. The Kier molecular flexibility index (Phi) is 5.10. The molecule has 3 aromatic rings. The molecule has 27 heavy (non-hydrogen) atoms. The minimum atomic E-state index is 0.292. The van der Waals surface area contributed by atoms with Gasteiger partial charge < -0.3 is 5.32 Å². The van der Waals surface area contributed by atoms with Crippen molar-refractivity contribution in [3.05, 3.63) is 64.6 Å². The SMILES string of the molecule is Cc1ccc(CN2CCC[C@H]2c2cccc(Nc3ncc(C#N)s3)n2)nc1. The van der Waals surface area contributed by atoms with Crippen molar-refractivity contribution in [2.45, 2.75) is 32.4 Å². The van der Waals surface area contributed by atoms with E-state index in [0.29, 0.717) is 16.1 Å². The van der Waals surface area contributed by atoms with E-state index in [9.17, 15) is 0 Å². The third-order valence-corrected chi connectivity index (χ3v) is 5.48. The Morgan fingerprint density at radius 3 is 2.96 bits per heavy atom. The Balaban J connectivity index is 1.49. The quantitative estimate of drug-likeness (QED) is 0.719. The number of anilines is 2. The maximum Gasteiger partial charge on any atom is 0.189 e. The average molecular weight is 376 g/mol. The van der Waals surface area contributed by atoms with Crippen LogP contribution in [-0.4, -0.2) is 26.4 Å². The van der Waals surface area contributed by atoms with Crippen molar-refractivity contribution in [1.82, 2.24) is 19.9 Å². The van der Waals surface area contributed by atoms with Crippen LogP contribution in [0.25, 0.3) is 0 Å². The molecule has 0 aliphatic carbocycles. The number of pyridine rings is 2. The van der Waals surface area contributed by atoms with Crippen LogP contribution in [0.5, 0.6) is 0 Å². The minimum absolute atomic E-state index is 0.292. The van der Waals surface area contributed by atoms with Crippen molar-refractivity contribution in [1.29, 1.82) is 5.26 Å². The molecule has 0 amide bonds. The predicted molar refractivity (Wildman–Crippen MR) is 106 cm³/mol. The monoisotopic (exact) mass is 376 g/mol. The molecular weight excluding hydrogens is 356 g/mol. The van der Waals surface area contributed by atoms with Crippen LogP contribution in [0.15, 0.2) is 42.7 Å². The maximum absolute atomic E-state index is 8.94. The standard InChI is InChI=1S/C20H20N6S/c1-14-7-8-15(22-11-14)13-26-9-3-5-18(26)17-4-2-6-19(24-17)25-20-23-12-16(10-21)27-20/h2,4,6-8,11-12,18H,3,5,9,13H2,1H3,(H,23,24,25)/t18-/m0/s1. The Morgan fingerprint density at radius 1 is 1.26 bits per heavy atom. The summed E-state index contributed by atoms with van der Waals surface area (Å²) in [6.45, 7) is 3.94. The van der Waals surface area contributed by atoms with Gasteiger partial charge in [0.2, 0.25) is 0 Å². The zero-order valence-electron chi connectivity index (χ0n) is 15.1. The van der Waals surface area contributed by atoms with Gasteiger partial charge in [-0.2, -0.15) is 5.26 Å². The second-order valence-electron chi connectivity index (χ2n) is 6.67. The molecule has 1 aliphatic rings. The van der Waals surface area contributed by atoms with Crippen LogP contribution in [-0.2, 0) is 6.54 Å². The smallest absolute Gasteiger partial charge is 0.189 e. The number of thiazole rings is 1. The lowest BCUT2D eigenvalue weighted by Gasteiger charge is -2.24. The molecule has 1 saturated heterocycles. The number of hydrogen-bond donors (Lipinski definition) is 1. The number of rotatable bonds is 5. The van der Waals surface area contributed by atoms with Crippen LogP contribution < -0.4 is 5.32 Å². The van der Waals surface area contributed by atoms with E-state index in [4.69, 9.17) is 10.2 Å². The Morgan fingerprint density at radius 2 is 2.19 bits per heavy atom. The molecule has 6 nitrogen and oxygen atoms in total. The van der Waals surface area contributed by atoms with E-state index < -0.39 is 0 Å². The Labute approximate surface area is 162 Å². The number of likely N-dealkylation sites (tertiary alicyclic amines) is 1. The molecule has 0 aromatic carbocycles. The average Bonchev–Trinajstić information content (AvgIpc) is 3.33. The zero-order valence-corrected chi connectivity index (χ0v) is 15.9. The molecular formula is C20H20N6S. The summed E-state index contributed by atoms with van der Waals surface area (Å²) in [5.41, 5.74) is 3.33. The van der Waals surface area contributed by atoms with E-state index in [0.717, 1.165) is 43.1 Å². The van der Waals surface area contributed by atoms with E-state index in [1.807, 2.05) is 18.3 Å². The van der Waals surface area contributed by atoms with Crippen molar-refractivity contribution in [2.24, 2.45) is 0 Å².